The topological polar surface area (TPSA) is 37.7 Å². The summed E-state index contributed by atoms with van der Waals surface area (Å²) in [4.78, 5) is 1.49. The molecule has 0 unspecified atom stereocenters. The molecule has 0 bridgehead atoms. The second kappa shape index (κ2) is 9.07. The molecule has 0 saturated carbocycles. The maximum atomic E-state index is 13.0. The SMILES string of the molecule is C[C@@H](NC(=S)Nc1ccc(F)cc1)[C@@H](c1ccccc1)[NH+]1CCOCC1. The van der Waals surface area contributed by atoms with Crippen LogP contribution in [-0.2, 0) is 4.74 Å². The standard InChI is InChI=1S/C20H24FN3OS/c1-15(22-20(26)23-18-9-7-17(21)8-10-18)19(16-5-3-2-4-6-16)24-11-13-25-14-12-24/h2-10,15,19H,11-14H2,1H3,(H2,22,23,26)/p+1/t15-,19+/m1/s1. The number of benzene rings is 2. The number of rotatable bonds is 5. The molecular weight excluding hydrogens is 349 g/mol. The Kier molecular flexibility index (Phi) is 6.55. The van der Waals surface area contributed by atoms with Crippen molar-refractivity contribution in [3.8, 4) is 0 Å². The van der Waals surface area contributed by atoms with Crippen molar-refractivity contribution >= 4 is 23.0 Å². The summed E-state index contributed by atoms with van der Waals surface area (Å²) < 4.78 is 18.6. The highest BCUT2D eigenvalue weighted by molar-refractivity contribution is 7.80. The van der Waals surface area contributed by atoms with Gasteiger partial charge in [0, 0.05) is 11.3 Å². The van der Waals surface area contributed by atoms with Crippen LogP contribution in [0.3, 0.4) is 0 Å². The van der Waals surface area contributed by atoms with Crippen molar-refractivity contribution < 1.29 is 14.0 Å². The summed E-state index contributed by atoms with van der Waals surface area (Å²) in [5, 5.41) is 7.07. The van der Waals surface area contributed by atoms with Crippen LogP contribution >= 0.6 is 12.2 Å². The number of anilines is 1. The predicted octanol–water partition coefficient (Wildman–Crippen LogP) is 2.16. The lowest BCUT2D eigenvalue weighted by molar-refractivity contribution is -0.940. The molecule has 1 fully saturated rings. The van der Waals surface area contributed by atoms with E-state index in [0.717, 1.165) is 32.0 Å². The van der Waals surface area contributed by atoms with Crippen molar-refractivity contribution in [2.24, 2.45) is 0 Å². The average Bonchev–Trinajstić information content (AvgIpc) is 2.65. The molecule has 0 amide bonds. The van der Waals surface area contributed by atoms with Gasteiger partial charge in [-0.05, 0) is 43.4 Å². The van der Waals surface area contributed by atoms with Crippen LogP contribution in [0.5, 0.6) is 0 Å². The molecule has 0 aliphatic carbocycles. The van der Waals surface area contributed by atoms with Gasteiger partial charge in [0.05, 0.1) is 19.3 Å². The van der Waals surface area contributed by atoms with Gasteiger partial charge >= 0.3 is 0 Å². The number of ether oxygens (including phenoxy) is 1. The van der Waals surface area contributed by atoms with Gasteiger partial charge in [-0.3, -0.25) is 0 Å². The molecule has 1 heterocycles. The molecule has 1 aliphatic rings. The summed E-state index contributed by atoms with van der Waals surface area (Å²) in [6.45, 7) is 5.67. The first-order valence-electron chi connectivity index (χ1n) is 8.94. The van der Waals surface area contributed by atoms with Gasteiger partial charge in [0.25, 0.3) is 0 Å². The lowest BCUT2D eigenvalue weighted by Gasteiger charge is -2.35. The number of morpholine rings is 1. The van der Waals surface area contributed by atoms with Gasteiger partial charge in [-0.25, -0.2) is 4.39 Å². The Morgan fingerprint density at radius 3 is 2.38 bits per heavy atom. The number of hydrogen-bond donors (Lipinski definition) is 3. The van der Waals surface area contributed by atoms with Crippen molar-refractivity contribution in [2.45, 2.75) is 19.0 Å². The second-order valence-corrected chi connectivity index (χ2v) is 6.96. The summed E-state index contributed by atoms with van der Waals surface area (Å²) in [5.41, 5.74) is 2.06. The van der Waals surface area contributed by atoms with E-state index in [-0.39, 0.29) is 17.9 Å². The van der Waals surface area contributed by atoms with Crippen molar-refractivity contribution in [1.29, 1.82) is 0 Å². The molecule has 3 N–H and O–H groups in total. The number of hydrogen-bond acceptors (Lipinski definition) is 2. The molecule has 0 radical (unpaired) electrons. The molecule has 1 saturated heterocycles. The normalized spacial score (nSPS) is 17.3. The van der Waals surface area contributed by atoms with E-state index in [9.17, 15) is 4.39 Å². The third-order valence-electron chi connectivity index (χ3n) is 4.69. The van der Waals surface area contributed by atoms with E-state index in [1.165, 1.54) is 22.6 Å². The maximum Gasteiger partial charge on any atom is 0.171 e. The fourth-order valence-electron chi connectivity index (χ4n) is 3.47. The third kappa shape index (κ3) is 5.00. The molecule has 4 nitrogen and oxygen atoms in total. The summed E-state index contributed by atoms with van der Waals surface area (Å²) in [6, 6.07) is 17.1. The monoisotopic (exact) mass is 374 g/mol. The highest BCUT2D eigenvalue weighted by atomic mass is 32.1. The van der Waals surface area contributed by atoms with Crippen LogP contribution in [0.1, 0.15) is 18.5 Å². The van der Waals surface area contributed by atoms with E-state index in [0.29, 0.717) is 5.11 Å². The van der Waals surface area contributed by atoms with Gasteiger partial charge in [0.15, 0.2) is 5.11 Å². The summed E-state index contributed by atoms with van der Waals surface area (Å²) >= 11 is 5.47. The lowest BCUT2D eigenvalue weighted by atomic mass is 9.98. The molecule has 2 aromatic carbocycles. The second-order valence-electron chi connectivity index (χ2n) is 6.55. The van der Waals surface area contributed by atoms with Gasteiger partial charge in [0.2, 0.25) is 0 Å². The fraction of sp³-hybridized carbons (Fsp3) is 0.350. The molecule has 0 aromatic heterocycles. The van der Waals surface area contributed by atoms with E-state index in [4.69, 9.17) is 17.0 Å². The molecule has 0 spiro atoms. The van der Waals surface area contributed by atoms with E-state index >= 15 is 0 Å². The Labute approximate surface area is 159 Å². The minimum absolute atomic E-state index is 0.131. The minimum atomic E-state index is -0.261. The highest BCUT2D eigenvalue weighted by Gasteiger charge is 2.31. The van der Waals surface area contributed by atoms with Crippen LogP contribution in [0, 0.1) is 5.82 Å². The zero-order valence-electron chi connectivity index (χ0n) is 14.9. The van der Waals surface area contributed by atoms with E-state index < -0.39 is 0 Å². The number of halogens is 1. The molecule has 3 rings (SSSR count). The smallest absolute Gasteiger partial charge is 0.171 e. The van der Waals surface area contributed by atoms with Crippen LogP contribution in [0.2, 0.25) is 0 Å². The van der Waals surface area contributed by atoms with Crippen molar-refractivity contribution in [1.82, 2.24) is 5.32 Å². The Morgan fingerprint density at radius 1 is 1.08 bits per heavy atom. The fourth-order valence-corrected chi connectivity index (χ4v) is 3.78. The first-order chi connectivity index (χ1) is 12.6. The number of thiocarbonyl (C=S) groups is 1. The molecule has 26 heavy (non-hydrogen) atoms. The molecule has 138 valence electrons. The lowest BCUT2D eigenvalue weighted by Crippen LogP contribution is -3.15. The van der Waals surface area contributed by atoms with Crippen molar-refractivity contribution in [3.63, 3.8) is 0 Å². The van der Waals surface area contributed by atoms with Gasteiger partial charge in [0.1, 0.15) is 24.9 Å². The number of nitrogens with one attached hydrogen (secondary N) is 3. The summed E-state index contributed by atoms with van der Waals surface area (Å²) in [5.74, 6) is -0.261. The quantitative estimate of drug-likeness (QED) is 0.702. The van der Waals surface area contributed by atoms with Crippen LogP contribution < -0.4 is 15.5 Å². The molecule has 2 atom stereocenters. The van der Waals surface area contributed by atoms with E-state index in [2.05, 4.69) is 41.8 Å². The van der Waals surface area contributed by atoms with Crippen LogP contribution in [0.15, 0.2) is 54.6 Å². The van der Waals surface area contributed by atoms with Gasteiger partial charge in [-0.2, -0.15) is 0 Å². The molecule has 1 aliphatic heterocycles. The Bertz CT molecular complexity index is 705. The Morgan fingerprint density at radius 2 is 1.73 bits per heavy atom. The maximum absolute atomic E-state index is 13.0. The molecular formula is C20H25FN3OS+. The Hall–Kier alpha value is -2.02. The Balaban J connectivity index is 1.69. The van der Waals surface area contributed by atoms with Crippen LogP contribution in [0.4, 0.5) is 10.1 Å². The largest absolute Gasteiger partial charge is 0.370 e. The third-order valence-corrected chi connectivity index (χ3v) is 4.91. The van der Waals surface area contributed by atoms with Gasteiger partial charge in [-0.15, -0.1) is 0 Å². The first-order valence-corrected chi connectivity index (χ1v) is 9.34. The first kappa shape index (κ1) is 18.8. The molecule has 6 heteroatoms. The average molecular weight is 375 g/mol. The van der Waals surface area contributed by atoms with Crippen molar-refractivity contribution in [3.05, 3.63) is 66.0 Å². The van der Waals surface area contributed by atoms with Crippen LogP contribution in [0.25, 0.3) is 0 Å². The van der Waals surface area contributed by atoms with Crippen LogP contribution in [-0.4, -0.2) is 37.5 Å². The van der Waals surface area contributed by atoms with Gasteiger partial charge in [-0.1, -0.05) is 30.3 Å². The van der Waals surface area contributed by atoms with E-state index in [1.807, 2.05) is 6.07 Å². The molecule has 2 aromatic rings. The summed E-state index contributed by atoms with van der Waals surface area (Å²) in [7, 11) is 0. The zero-order valence-corrected chi connectivity index (χ0v) is 15.7. The highest BCUT2D eigenvalue weighted by Crippen LogP contribution is 2.15. The minimum Gasteiger partial charge on any atom is -0.370 e. The van der Waals surface area contributed by atoms with Crippen molar-refractivity contribution in [2.75, 3.05) is 31.6 Å². The van der Waals surface area contributed by atoms with E-state index in [1.54, 1.807) is 12.1 Å². The van der Waals surface area contributed by atoms with Gasteiger partial charge < -0.3 is 20.3 Å². The zero-order chi connectivity index (χ0) is 18.4. The number of quaternary nitrogens is 1. The summed E-state index contributed by atoms with van der Waals surface area (Å²) in [6.07, 6.45) is 0. The predicted molar refractivity (Wildman–Crippen MR) is 106 cm³/mol.